The average molecular weight is 626 g/mol. The number of rotatable bonds is 15. The van der Waals surface area contributed by atoms with Crippen LogP contribution in [0.5, 0.6) is 5.88 Å². The minimum absolute atomic E-state index is 0.000469. The van der Waals surface area contributed by atoms with E-state index in [0.717, 1.165) is 37.1 Å². The van der Waals surface area contributed by atoms with Gasteiger partial charge in [0.15, 0.2) is 29.0 Å². The van der Waals surface area contributed by atoms with Crippen LogP contribution in [0.4, 0.5) is 23.2 Å². The van der Waals surface area contributed by atoms with Crippen molar-refractivity contribution in [2.75, 3.05) is 25.1 Å². The SMILES string of the molecule is C=C(/N=C\C(=C/N)OCc1cccc(F)c1F)N(Cc1cccc(F)c1F)Cc1nc(OC)ccc1N(CC)CC1CCCC1. The Hall–Kier alpha value is -4.54. The van der Waals surface area contributed by atoms with E-state index in [1.807, 2.05) is 6.07 Å². The molecule has 2 N–H and O–H groups in total. The first-order valence-corrected chi connectivity index (χ1v) is 14.9. The molecule has 0 radical (unpaired) electrons. The third-order valence-corrected chi connectivity index (χ3v) is 7.84. The fourth-order valence-electron chi connectivity index (χ4n) is 5.36. The highest BCUT2D eigenvalue weighted by molar-refractivity contribution is 5.76. The summed E-state index contributed by atoms with van der Waals surface area (Å²) >= 11 is 0. The maximum atomic E-state index is 14.8. The third-order valence-electron chi connectivity index (χ3n) is 7.84. The number of aromatic nitrogens is 1. The quantitative estimate of drug-likeness (QED) is 0.109. The van der Waals surface area contributed by atoms with Gasteiger partial charge in [-0.05, 0) is 43.9 Å². The Kier molecular flexibility index (Phi) is 11.8. The molecule has 1 aromatic heterocycles. The van der Waals surface area contributed by atoms with Gasteiger partial charge in [0.2, 0.25) is 5.88 Å². The van der Waals surface area contributed by atoms with E-state index in [2.05, 4.69) is 23.4 Å². The van der Waals surface area contributed by atoms with E-state index in [1.54, 1.807) is 11.0 Å². The van der Waals surface area contributed by atoms with E-state index in [1.165, 1.54) is 63.3 Å². The lowest BCUT2D eigenvalue weighted by molar-refractivity contribution is 0.213. The molecule has 0 aliphatic heterocycles. The largest absolute Gasteiger partial charge is 0.486 e. The Morgan fingerprint density at radius 3 is 2.31 bits per heavy atom. The number of hydrogen-bond acceptors (Lipinski definition) is 7. The van der Waals surface area contributed by atoms with E-state index >= 15 is 0 Å². The van der Waals surface area contributed by atoms with Crippen LogP contribution in [0.15, 0.2) is 77.9 Å². The zero-order valence-electron chi connectivity index (χ0n) is 25.6. The Labute approximate surface area is 261 Å². The number of anilines is 1. The number of ether oxygens (including phenoxy) is 2. The van der Waals surface area contributed by atoms with Crippen molar-refractivity contribution in [2.24, 2.45) is 16.6 Å². The van der Waals surface area contributed by atoms with Gasteiger partial charge in [-0.2, -0.15) is 0 Å². The van der Waals surface area contributed by atoms with Crippen LogP contribution in [0.1, 0.15) is 49.4 Å². The van der Waals surface area contributed by atoms with Crippen molar-refractivity contribution in [3.63, 3.8) is 0 Å². The standard InChI is InChI=1S/C34H39F4N5O2/c1-4-42(19-24-9-5-6-10-24)31-15-16-32(44-3)41-30(31)21-43(20-25-11-7-13-28(35)33(25)37)23(2)40-18-27(17-39)45-22-26-12-8-14-29(36)34(26)38/h7-8,11-18,24H,2,4-6,9-10,19-22,39H2,1,3H3/b27-17+,40-18-. The number of hydrogen-bond donors (Lipinski definition) is 1. The fourth-order valence-corrected chi connectivity index (χ4v) is 5.36. The summed E-state index contributed by atoms with van der Waals surface area (Å²) in [5, 5.41) is 0. The monoisotopic (exact) mass is 625 g/mol. The van der Waals surface area contributed by atoms with Crippen molar-refractivity contribution in [3.8, 4) is 5.88 Å². The molecule has 0 amide bonds. The summed E-state index contributed by atoms with van der Waals surface area (Å²) < 4.78 is 67.7. The third kappa shape index (κ3) is 8.77. The predicted octanol–water partition coefficient (Wildman–Crippen LogP) is 7.22. The number of nitrogens with two attached hydrogens (primary N) is 1. The first-order valence-electron chi connectivity index (χ1n) is 14.9. The highest BCUT2D eigenvalue weighted by Crippen LogP contribution is 2.31. The molecule has 3 aromatic rings. The second kappa shape index (κ2) is 16.0. The summed E-state index contributed by atoms with van der Waals surface area (Å²) in [5.74, 6) is -2.73. The minimum Gasteiger partial charge on any atom is -0.486 e. The van der Waals surface area contributed by atoms with Gasteiger partial charge in [0.25, 0.3) is 0 Å². The van der Waals surface area contributed by atoms with Crippen LogP contribution in [-0.2, 0) is 24.4 Å². The molecule has 0 bridgehead atoms. The summed E-state index contributed by atoms with van der Waals surface area (Å²) in [6, 6.07) is 11.5. The highest BCUT2D eigenvalue weighted by atomic mass is 19.2. The minimum atomic E-state index is -1.02. The molecule has 1 saturated carbocycles. The van der Waals surface area contributed by atoms with Gasteiger partial charge in [-0.15, -0.1) is 0 Å². The number of nitrogens with zero attached hydrogens (tertiary/aromatic N) is 4. The highest BCUT2D eigenvalue weighted by Gasteiger charge is 2.23. The first kappa shape index (κ1) is 33.4. The van der Waals surface area contributed by atoms with Gasteiger partial charge in [0.1, 0.15) is 12.4 Å². The molecule has 0 unspecified atom stereocenters. The summed E-state index contributed by atoms with van der Waals surface area (Å²) in [7, 11) is 1.53. The average Bonchev–Trinajstić information content (AvgIpc) is 3.57. The molecule has 4 rings (SSSR count). The lowest BCUT2D eigenvalue weighted by atomic mass is 10.1. The zero-order valence-corrected chi connectivity index (χ0v) is 25.6. The number of pyridine rings is 1. The number of benzene rings is 2. The van der Waals surface area contributed by atoms with Gasteiger partial charge < -0.3 is 25.0 Å². The molecule has 45 heavy (non-hydrogen) atoms. The number of methoxy groups -OCH3 is 1. The lowest BCUT2D eigenvalue weighted by Gasteiger charge is -2.31. The summed E-state index contributed by atoms with van der Waals surface area (Å²) in [6.07, 6.45) is 7.19. The van der Waals surface area contributed by atoms with E-state index in [-0.39, 0.29) is 42.4 Å². The molecule has 1 aliphatic carbocycles. The van der Waals surface area contributed by atoms with E-state index in [0.29, 0.717) is 17.5 Å². The maximum absolute atomic E-state index is 14.8. The fraction of sp³-hybridized carbons (Fsp3) is 0.353. The molecule has 7 nitrogen and oxygen atoms in total. The molecular weight excluding hydrogens is 586 g/mol. The Bertz CT molecular complexity index is 1520. The van der Waals surface area contributed by atoms with Crippen LogP contribution in [-0.4, -0.2) is 36.3 Å². The van der Waals surface area contributed by atoms with Gasteiger partial charge in [0, 0.05) is 43.0 Å². The van der Waals surface area contributed by atoms with Crippen LogP contribution in [0.3, 0.4) is 0 Å². The van der Waals surface area contributed by atoms with Crippen molar-refractivity contribution in [3.05, 3.63) is 113 Å². The van der Waals surface area contributed by atoms with Crippen molar-refractivity contribution in [1.29, 1.82) is 0 Å². The Morgan fingerprint density at radius 1 is 1.00 bits per heavy atom. The summed E-state index contributed by atoms with van der Waals surface area (Å²) in [5.41, 5.74) is 7.35. The van der Waals surface area contributed by atoms with E-state index in [4.69, 9.17) is 20.2 Å². The van der Waals surface area contributed by atoms with Crippen molar-refractivity contribution in [2.45, 2.75) is 52.3 Å². The lowest BCUT2D eigenvalue weighted by Crippen LogP contribution is -2.31. The number of allylic oxidation sites excluding steroid dienone is 1. The molecule has 1 fully saturated rings. The second-order valence-electron chi connectivity index (χ2n) is 10.8. The summed E-state index contributed by atoms with van der Waals surface area (Å²) in [6.45, 7) is 7.55. The Morgan fingerprint density at radius 2 is 1.67 bits per heavy atom. The van der Waals surface area contributed by atoms with Crippen LogP contribution in [0, 0.1) is 29.2 Å². The van der Waals surface area contributed by atoms with Crippen molar-refractivity contribution < 1.29 is 27.0 Å². The molecule has 11 heteroatoms. The molecule has 0 atom stereocenters. The smallest absolute Gasteiger partial charge is 0.213 e. The molecule has 2 aromatic carbocycles. The van der Waals surface area contributed by atoms with Gasteiger partial charge >= 0.3 is 0 Å². The summed E-state index contributed by atoms with van der Waals surface area (Å²) in [4.78, 5) is 13.1. The Balaban J connectivity index is 1.61. The molecule has 1 aliphatic rings. The normalized spacial score (nSPS) is 13.8. The molecule has 1 heterocycles. The van der Waals surface area contributed by atoms with Crippen LogP contribution >= 0.6 is 0 Å². The van der Waals surface area contributed by atoms with Gasteiger partial charge in [-0.25, -0.2) is 27.5 Å². The van der Waals surface area contributed by atoms with E-state index < -0.39 is 23.3 Å². The van der Waals surface area contributed by atoms with Crippen LogP contribution in [0.25, 0.3) is 0 Å². The van der Waals surface area contributed by atoms with Crippen LogP contribution in [0.2, 0.25) is 0 Å². The van der Waals surface area contributed by atoms with Gasteiger partial charge in [-0.3, -0.25) is 0 Å². The van der Waals surface area contributed by atoms with Crippen LogP contribution < -0.4 is 15.4 Å². The first-order chi connectivity index (χ1) is 21.7. The molecule has 0 spiro atoms. The van der Waals surface area contributed by atoms with E-state index in [9.17, 15) is 17.6 Å². The van der Waals surface area contributed by atoms with Gasteiger partial charge in [0.05, 0.1) is 31.3 Å². The molecule has 240 valence electrons. The number of aliphatic imine (C=N–C) groups is 1. The predicted molar refractivity (Wildman–Crippen MR) is 167 cm³/mol. The maximum Gasteiger partial charge on any atom is 0.213 e. The topological polar surface area (TPSA) is 76.2 Å². The van der Waals surface area contributed by atoms with Crippen molar-refractivity contribution >= 4 is 11.9 Å². The zero-order chi connectivity index (χ0) is 32.3. The molecular formula is C34H39F4N5O2. The second-order valence-corrected chi connectivity index (χ2v) is 10.8. The number of halogens is 4. The molecule has 0 saturated heterocycles. The van der Waals surface area contributed by atoms with Gasteiger partial charge in [-0.1, -0.05) is 43.7 Å². The van der Waals surface area contributed by atoms with Crippen molar-refractivity contribution in [1.82, 2.24) is 9.88 Å².